The van der Waals surface area contributed by atoms with Crippen molar-refractivity contribution in [3.63, 3.8) is 0 Å². The molecule has 20 heavy (non-hydrogen) atoms. The number of rotatable bonds is 6. The fraction of sp³-hybridized carbons (Fsp3) is 0.308. The number of hydrogen-bond acceptors (Lipinski definition) is 3. The quantitative estimate of drug-likeness (QED) is 0.788. The Morgan fingerprint density at radius 1 is 1.55 bits per heavy atom. The highest BCUT2D eigenvalue weighted by molar-refractivity contribution is 7.89. The van der Waals surface area contributed by atoms with E-state index < -0.39 is 33.4 Å². The van der Waals surface area contributed by atoms with E-state index in [9.17, 15) is 17.6 Å². The summed E-state index contributed by atoms with van der Waals surface area (Å²) in [5.41, 5.74) is -0.705. The summed E-state index contributed by atoms with van der Waals surface area (Å²) in [4.78, 5) is 10.6. The second kappa shape index (κ2) is 6.15. The summed E-state index contributed by atoms with van der Waals surface area (Å²) in [6.07, 6.45) is 1.98. The van der Waals surface area contributed by atoms with Gasteiger partial charge in [-0.1, -0.05) is 6.08 Å². The molecule has 0 aliphatic rings. The van der Waals surface area contributed by atoms with Crippen LogP contribution in [0.15, 0.2) is 29.7 Å². The van der Waals surface area contributed by atoms with Crippen LogP contribution in [0.2, 0.25) is 0 Å². The summed E-state index contributed by atoms with van der Waals surface area (Å²) in [5, 5.41) is 8.88. The molecule has 0 spiro atoms. The third-order valence-electron chi connectivity index (χ3n) is 2.65. The summed E-state index contributed by atoms with van der Waals surface area (Å²) in [5.74, 6) is -2.45. The Bertz CT molecular complexity index is 640. The highest BCUT2D eigenvalue weighted by Crippen LogP contribution is 2.19. The molecule has 0 saturated heterocycles. The third-order valence-corrected chi connectivity index (χ3v) is 4.21. The zero-order chi connectivity index (χ0) is 15.5. The van der Waals surface area contributed by atoms with Gasteiger partial charge in [0.15, 0.2) is 0 Å². The number of sulfonamides is 1. The molecule has 1 atom stereocenters. The maximum atomic E-state index is 13.6. The van der Waals surface area contributed by atoms with Crippen molar-refractivity contribution in [3.8, 4) is 0 Å². The van der Waals surface area contributed by atoms with Crippen molar-refractivity contribution in [1.29, 1.82) is 0 Å². The highest BCUT2D eigenvalue weighted by atomic mass is 32.2. The van der Waals surface area contributed by atoms with Gasteiger partial charge in [0.2, 0.25) is 10.0 Å². The lowest BCUT2D eigenvalue weighted by atomic mass is 10.1. The number of benzene rings is 1. The molecular formula is C13H16FNO4S. The number of carboxylic acid groups (broad SMARTS) is 1. The van der Waals surface area contributed by atoms with Crippen LogP contribution < -0.4 is 4.72 Å². The van der Waals surface area contributed by atoms with Crippen LogP contribution in [0.1, 0.15) is 29.3 Å². The Hall–Kier alpha value is -1.73. The maximum Gasteiger partial charge on any atom is 0.338 e. The highest BCUT2D eigenvalue weighted by Gasteiger charge is 2.22. The smallest absolute Gasteiger partial charge is 0.338 e. The summed E-state index contributed by atoms with van der Waals surface area (Å²) in [6, 6.07) is 1.52. The molecule has 110 valence electrons. The van der Waals surface area contributed by atoms with E-state index in [1.165, 1.54) is 6.92 Å². The molecule has 0 aliphatic carbocycles. The average Bonchev–Trinajstić information content (AvgIpc) is 2.31. The van der Waals surface area contributed by atoms with Gasteiger partial charge in [-0.05, 0) is 38.0 Å². The van der Waals surface area contributed by atoms with Crippen LogP contribution >= 0.6 is 0 Å². The first-order valence-electron chi connectivity index (χ1n) is 5.85. The van der Waals surface area contributed by atoms with E-state index in [-0.39, 0.29) is 10.5 Å². The maximum absolute atomic E-state index is 13.6. The fourth-order valence-corrected chi connectivity index (χ4v) is 3.05. The van der Waals surface area contributed by atoms with Gasteiger partial charge in [-0.3, -0.25) is 0 Å². The topological polar surface area (TPSA) is 83.5 Å². The van der Waals surface area contributed by atoms with Crippen LogP contribution in [0, 0.1) is 12.7 Å². The van der Waals surface area contributed by atoms with Crippen LogP contribution in [-0.4, -0.2) is 25.5 Å². The molecule has 1 rings (SSSR count). The predicted molar refractivity (Wildman–Crippen MR) is 72.7 cm³/mol. The number of hydrogen-bond donors (Lipinski definition) is 2. The van der Waals surface area contributed by atoms with E-state index in [4.69, 9.17) is 5.11 Å². The van der Waals surface area contributed by atoms with Crippen molar-refractivity contribution in [2.24, 2.45) is 0 Å². The van der Waals surface area contributed by atoms with Gasteiger partial charge >= 0.3 is 5.97 Å². The Morgan fingerprint density at radius 2 is 2.15 bits per heavy atom. The van der Waals surface area contributed by atoms with Gasteiger partial charge in [-0.25, -0.2) is 22.3 Å². The van der Waals surface area contributed by atoms with E-state index in [1.54, 1.807) is 13.0 Å². The Labute approximate surface area is 117 Å². The molecule has 0 saturated carbocycles. The number of aryl methyl sites for hydroxylation is 1. The Balaban J connectivity index is 3.26. The van der Waals surface area contributed by atoms with Gasteiger partial charge in [-0.2, -0.15) is 0 Å². The molecule has 2 N–H and O–H groups in total. The molecule has 0 bridgehead atoms. The third kappa shape index (κ3) is 3.64. The number of halogens is 1. The normalized spacial score (nSPS) is 12.9. The molecule has 0 fully saturated rings. The van der Waals surface area contributed by atoms with Crippen LogP contribution in [0.5, 0.6) is 0 Å². The summed E-state index contributed by atoms with van der Waals surface area (Å²) < 4.78 is 40.2. The zero-order valence-corrected chi connectivity index (χ0v) is 12.0. The first kappa shape index (κ1) is 16.3. The average molecular weight is 301 g/mol. The number of nitrogens with one attached hydrogen (secondary N) is 1. The number of carbonyl (C=O) groups is 1. The standard InChI is InChI=1S/C13H16FNO4S/c1-4-5-9(3)15-20(18,19)10-6-8(2)12(14)11(7-10)13(16)17/h4,6-7,9,15H,1,5H2,2-3H3,(H,16,17). The minimum Gasteiger partial charge on any atom is -0.478 e. The second-order valence-electron chi connectivity index (χ2n) is 4.45. The van der Waals surface area contributed by atoms with Gasteiger partial charge in [0.25, 0.3) is 0 Å². The molecule has 0 heterocycles. The summed E-state index contributed by atoms with van der Waals surface area (Å²) >= 11 is 0. The SMILES string of the molecule is C=CCC(C)NS(=O)(=O)c1cc(C)c(F)c(C(=O)O)c1. The van der Waals surface area contributed by atoms with Crippen molar-refractivity contribution in [1.82, 2.24) is 4.72 Å². The lowest BCUT2D eigenvalue weighted by Crippen LogP contribution is -2.32. The minimum atomic E-state index is -3.90. The van der Waals surface area contributed by atoms with Crippen LogP contribution in [0.3, 0.4) is 0 Å². The summed E-state index contributed by atoms with van der Waals surface area (Å²) in [7, 11) is -3.90. The van der Waals surface area contributed by atoms with Crippen molar-refractivity contribution >= 4 is 16.0 Å². The largest absolute Gasteiger partial charge is 0.478 e. The molecule has 0 aromatic heterocycles. The van der Waals surface area contributed by atoms with E-state index in [2.05, 4.69) is 11.3 Å². The van der Waals surface area contributed by atoms with Crippen molar-refractivity contribution in [3.05, 3.63) is 41.7 Å². The molecule has 1 aromatic rings. The molecule has 0 amide bonds. The number of carboxylic acids is 1. The first-order chi connectivity index (χ1) is 9.19. The van der Waals surface area contributed by atoms with E-state index in [0.717, 1.165) is 12.1 Å². The van der Waals surface area contributed by atoms with Gasteiger partial charge in [0, 0.05) is 6.04 Å². The predicted octanol–water partition coefficient (Wildman–Crippen LogP) is 2.08. The molecule has 1 aromatic carbocycles. The molecule has 5 nitrogen and oxygen atoms in total. The minimum absolute atomic E-state index is 0.0401. The summed E-state index contributed by atoms with van der Waals surface area (Å²) in [6.45, 7) is 6.46. The molecule has 1 unspecified atom stereocenters. The lowest BCUT2D eigenvalue weighted by Gasteiger charge is -2.13. The molecular weight excluding hydrogens is 285 g/mol. The van der Waals surface area contributed by atoms with E-state index >= 15 is 0 Å². The van der Waals surface area contributed by atoms with Gasteiger partial charge in [0.1, 0.15) is 5.82 Å². The fourth-order valence-electron chi connectivity index (χ4n) is 1.68. The van der Waals surface area contributed by atoms with Gasteiger partial charge in [0.05, 0.1) is 10.5 Å². The van der Waals surface area contributed by atoms with Crippen molar-refractivity contribution < 1.29 is 22.7 Å². The lowest BCUT2D eigenvalue weighted by molar-refractivity contribution is 0.0691. The zero-order valence-electron chi connectivity index (χ0n) is 11.2. The number of aromatic carboxylic acids is 1. The van der Waals surface area contributed by atoms with E-state index in [0.29, 0.717) is 6.42 Å². The molecule has 7 heteroatoms. The van der Waals surface area contributed by atoms with E-state index in [1.807, 2.05) is 0 Å². The van der Waals surface area contributed by atoms with Gasteiger partial charge < -0.3 is 5.11 Å². The Morgan fingerprint density at radius 3 is 2.65 bits per heavy atom. The Kier molecular flexibility index (Phi) is 5.02. The van der Waals surface area contributed by atoms with Crippen LogP contribution in [0.25, 0.3) is 0 Å². The van der Waals surface area contributed by atoms with Crippen LogP contribution in [0.4, 0.5) is 4.39 Å². The molecule has 0 radical (unpaired) electrons. The van der Waals surface area contributed by atoms with Gasteiger partial charge in [-0.15, -0.1) is 6.58 Å². The molecule has 0 aliphatic heterocycles. The van der Waals surface area contributed by atoms with Crippen molar-refractivity contribution in [2.75, 3.05) is 0 Å². The van der Waals surface area contributed by atoms with Crippen LogP contribution in [-0.2, 0) is 10.0 Å². The monoisotopic (exact) mass is 301 g/mol. The first-order valence-corrected chi connectivity index (χ1v) is 7.34. The van der Waals surface area contributed by atoms with Crippen molar-refractivity contribution in [2.45, 2.75) is 31.2 Å². The second-order valence-corrected chi connectivity index (χ2v) is 6.17.